The molecule has 0 saturated carbocycles. The molecule has 294 valence electrons. The van der Waals surface area contributed by atoms with E-state index in [9.17, 15) is 0 Å². The van der Waals surface area contributed by atoms with Gasteiger partial charge in [-0.3, -0.25) is 4.57 Å². The van der Waals surface area contributed by atoms with Gasteiger partial charge in [0.25, 0.3) is 0 Å². The molecule has 3 heterocycles. The maximum Gasteiger partial charge on any atom is 0.238 e. The third kappa shape index (κ3) is 5.20. The van der Waals surface area contributed by atoms with Crippen LogP contribution in [-0.4, -0.2) is 24.1 Å². The fourth-order valence-electron chi connectivity index (χ4n) is 10.4. The molecule has 9 aromatic carbocycles. The SMILES string of the molecule is c1ccc(-c2nc(-c3ccc(-n4c5ccccc5c5ccccc54)cc3)nc(-n3c4ccccc4c4cc5c(cc43)C(c3ccccc3)(c3ccccc3)c3ccccc3-5)n2)cc1. The van der Waals surface area contributed by atoms with Gasteiger partial charge in [-0.15, -0.1) is 0 Å². The monoisotopic (exact) mass is 803 g/mol. The topological polar surface area (TPSA) is 48.5 Å². The quantitative estimate of drug-likeness (QED) is 0.168. The minimum atomic E-state index is -0.554. The molecule has 0 radical (unpaired) electrons. The third-order valence-corrected chi connectivity index (χ3v) is 13.1. The van der Waals surface area contributed by atoms with Crippen LogP contribution in [-0.2, 0) is 5.41 Å². The molecule has 63 heavy (non-hydrogen) atoms. The predicted molar refractivity (Wildman–Crippen MR) is 257 cm³/mol. The number of aromatic nitrogens is 5. The molecule has 1 aliphatic carbocycles. The molecule has 13 rings (SSSR count). The predicted octanol–water partition coefficient (Wildman–Crippen LogP) is 13.8. The van der Waals surface area contributed by atoms with E-state index in [-0.39, 0.29) is 0 Å². The number of rotatable bonds is 6. The zero-order chi connectivity index (χ0) is 41.5. The van der Waals surface area contributed by atoms with E-state index < -0.39 is 5.41 Å². The second-order valence-electron chi connectivity index (χ2n) is 16.4. The van der Waals surface area contributed by atoms with Crippen LogP contribution in [0, 0.1) is 0 Å². The zero-order valence-electron chi connectivity index (χ0n) is 34.1. The Morgan fingerprint density at radius 1 is 0.317 bits per heavy atom. The normalized spacial score (nSPS) is 12.9. The highest BCUT2D eigenvalue weighted by Crippen LogP contribution is 2.57. The van der Waals surface area contributed by atoms with Gasteiger partial charge in [-0.25, -0.2) is 4.98 Å². The molecule has 0 bridgehead atoms. The lowest BCUT2D eigenvalue weighted by atomic mass is 9.67. The highest BCUT2D eigenvalue weighted by atomic mass is 15.2. The van der Waals surface area contributed by atoms with Crippen molar-refractivity contribution in [3.63, 3.8) is 0 Å². The van der Waals surface area contributed by atoms with Crippen molar-refractivity contribution >= 4 is 43.6 Å². The van der Waals surface area contributed by atoms with Crippen LogP contribution in [0.25, 0.3) is 89.2 Å². The van der Waals surface area contributed by atoms with Crippen molar-refractivity contribution in [2.24, 2.45) is 0 Å². The first-order valence-electron chi connectivity index (χ1n) is 21.5. The van der Waals surface area contributed by atoms with Gasteiger partial charge in [-0.1, -0.05) is 170 Å². The first-order valence-corrected chi connectivity index (χ1v) is 21.5. The van der Waals surface area contributed by atoms with Crippen LogP contribution in [0.1, 0.15) is 22.3 Å². The van der Waals surface area contributed by atoms with E-state index in [0.29, 0.717) is 17.6 Å². The van der Waals surface area contributed by atoms with E-state index in [0.717, 1.165) is 38.6 Å². The number of hydrogen-bond donors (Lipinski definition) is 0. The first-order chi connectivity index (χ1) is 31.3. The van der Waals surface area contributed by atoms with Crippen molar-refractivity contribution in [3.8, 4) is 45.5 Å². The highest BCUT2D eigenvalue weighted by Gasteiger charge is 2.46. The molecule has 0 atom stereocenters. The summed E-state index contributed by atoms with van der Waals surface area (Å²) in [7, 11) is 0. The maximum atomic E-state index is 5.38. The van der Waals surface area contributed by atoms with Crippen LogP contribution in [0.3, 0.4) is 0 Å². The molecule has 0 amide bonds. The lowest BCUT2D eigenvalue weighted by Gasteiger charge is -2.34. The van der Waals surface area contributed by atoms with Gasteiger partial charge in [0, 0.05) is 38.4 Å². The third-order valence-electron chi connectivity index (χ3n) is 13.1. The summed E-state index contributed by atoms with van der Waals surface area (Å²) in [6, 6.07) is 80.4. The van der Waals surface area contributed by atoms with E-state index in [1.165, 1.54) is 55.2 Å². The van der Waals surface area contributed by atoms with Gasteiger partial charge in [-0.2, -0.15) is 9.97 Å². The van der Waals surface area contributed by atoms with Gasteiger partial charge in [0.05, 0.1) is 27.5 Å². The molecular formula is C58H37N5. The zero-order valence-corrected chi connectivity index (χ0v) is 34.1. The molecule has 0 saturated heterocycles. The molecule has 0 spiro atoms. The first kappa shape index (κ1) is 35.4. The molecule has 12 aromatic rings. The Hall–Kier alpha value is -8.41. The van der Waals surface area contributed by atoms with Crippen LogP contribution >= 0.6 is 0 Å². The van der Waals surface area contributed by atoms with E-state index in [1.807, 2.05) is 18.2 Å². The van der Waals surface area contributed by atoms with Crippen LogP contribution in [0.2, 0.25) is 0 Å². The number of benzene rings is 9. The summed E-state index contributed by atoms with van der Waals surface area (Å²) in [6.45, 7) is 0. The van der Waals surface area contributed by atoms with Crippen molar-refractivity contribution in [1.82, 2.24) is 24.1 Å². The minimum absolute atomic E-state index is 0.554. The number of para-hydroxylation sites is 3. The fraction of sp³-hybridized carbons (Fsp3) is 0.0172. The van der Waals surface area contributed by atoms with Crippen molar-refractivity contribution in [2.45, 2.75) is 5.41 Å². The van der Waals surface area contributed by atoms with Gasteiger partial charge in [0.2, 0.25) is 5.95 Å². The van der Waals surface area contributed by atoms with Gasteiger partial charge in [0.1, 0.15) is 0 Å². The van der Waals surface area contributed by atoms with Crippen LogP contribution in [0.15, 0.2) is 224 Å². The Kier molecular flexibility index (Phi) is 7.75. The minimum Gasteiger partial charge on any atom is -0.309 e. The van der Waals surface area contributed by atoms with Gasteiger partial charge in [0.15, 0.2) is 11.6 Å². The standard InChI is InChI=1S/C58H37N5/c1-4-18-38(19-5-1)55-59-56(39-32-34-42(35-33-39)62-51-29-15-11-25-44(51)45-26-12-16-30-52(45)62)61-57(60-55)63-53-31-17-13-27-46(53)48-36-47-43-24-10-14-28-49(43)58(50(47)37-54(48)63,40-20-6-2-7-21-40)41-22-8-3-9-23-41/h1-37H. The average molecular weight is 804 g/mol. The van der Waals surface area contributed by atoms with Crippen LogP contribution < -0.4 is 0 Å². The summed E-state index contributed by atoms with van der Waals surface area (Å²) in [5.41, 5.74) is 14.2. The molecule has 1 aliphatic rings. The molecule has 0 N–H and O–H groups in total. The maximum absolute atomic E-state index is 5.38. The Labute approximate surface area is 363 Å². The summed E-state index contributed by atoms with van der Waals surface area (Å²) in [5.74, 6) is 1.79. The van der Waals surface area contributed by atoms with Crippen LogP contribution in [0.4, 0.5) is 0 Å². The van der Waals surface area contributed by atoms with Crippen molar-refractivity contribution < 1.29 is 0 Å². The lowest BCUT2D eigenvalue weighted by Crippen LogP contribution is -2.28. The summed E-state index contributed by atoms with van der Waals surface area (Å²) < 4.78 is 4.58. The Balaban J connectivity index is 1.06. The van der Waals surface area contributed by atoms with E-state index in [1.54, 1.807) is 0 Å². The lowest BCUT2D eigenvalue weighted by molar-refractivity contribution is 0.769. The smallest absolute Gasteiger partial charge is 0.238 e. The number of fused-ring (bicyclic) bond motifs is 9. The van der Waals surface area contributed by atoms with E-state index in [4.69, 9.17) is 15.0 Å². The summed E-state index contributed by atoms with van der Waals surface area (Å²) >= 11 is 0. The van der Waals surface area contributed by atoms with Gasteiger partial charge in [-0.05, 0) is 88.0 Å². The summed E-state index contributed by atoms with van der Waals surface area (Å²) in [4.78, 5) is 15.9. The highest BCUT2D eigenvalue weighted by molar-refractivity contribution is 6.12. The second kappa shape index (κ2) is 13.8. The molecule has 5 heteroatoms. The van der Waals surface area contributed by atoms with E-state index >= 15 is 0 Å². The van der Waals surface area contributed by atoms with Crippen molar-refractivity contribution in [1.29, 1.82) is 0 Å². The second-order valence-corrected chi connectivity index (χ2v) is 16.4. The van der Waals surface area contributed by atoms with Crippen molar-refractivity contribution in [3.05, 3.63) is 247 Å². The Bertz CT molecular complexity index is 3630. The van der Waals surface area contributed by atoms with Crippen LogP contribution in [0.5, 0.6) is 0 Å². The molecule has 3 aromatic heterocycles. The number of nitrogens with zero attached hydrogens (tertiary/aromatic N) is 5. The number of hydrogen-bond acceptors (Lipinski definition) is 3. The van der Waals surface area contributed by atoms with E-state index in [2.05, 4.69) is 215 Å². The molecule has 0 aliphatic heterocycles. The molecular weight excluding hydrogens is 767 g/mol. The van der Waals surface area contributed by atoms with Gasteiger partial charge < -0.3 is 4.57 Å². The Morgan fingerprint density at radius 2 is 0.794 bits per heavy atom. The summed E-state index contributed by atoms with van der Waals surface area (Å²) in [6.07, 6.45) is 0. The molecule has 0 unspecified atom stereocenters. The fourth-order valence-corrected chi connectivity index (χ4v) is 10.4. The Morgan fingerprint density at radius 3 is 1.40 bits per heavy atom. The van der Waals surface area contributed by atoms with Crippen molar-refractivity contribution in [2.75, 3.05) is 0 Å². The average Bonchev–Trinajstić information content (AvgIpc) is 3.98. The summed E-state index contributed by atoms with van der Waals surface area (Å²) in [5, 5.41) is 4.76. The largest absolute Gasteiger partial charge is 0.309 e. The molecule has 0 fully saturated rings. The molecule has 5 nitrogen and oxygen atoms in total. The van der Waals surface area contributed by atoms with Gasteiger partial charge >= 0.3 is 0 Å².